The third kappa shape index (κ3) is 7.62. The van der Waals surface area contributed by atoms with Gasteiger partial charge in [0.1, 0.15) is 17.2 Å². The molecule has 0 aliphatic rings. The maximum atomic E-state index is 13.0. The first-order valence-electron chi connectivity index (χ1n) is 12.4. The quantitative estimate of drug-likeness (QED) is 0.140. The Balaban J connectivity index is 1.74. The molecule has 0 spiro atoms. The topological polar surface area (TPSA) is 107 Å². The number of rotatable bonds is 15. The van der Waals surface area contributed by atoms with Gasteiger partial charge in [-0.25, -0.2) is 4.98 Å². The minimum atomic E-state index is -0.297. The van der Waals surface area contributed by atoms with Gasteiger partial charge in [0.15, 0.2) is 28.8 Å². The Morgan fingerprint density at radius 3 is 2.05 bits per heavy atom. The lowest BCUT2D eigenvalue weighted by Gasteiger charge is -2.15. The molecule has 1 N–H and O–H groups in total. The molecule has 0 saturated heterocycles. The molecule has 3 rings (SSSR count). The highest BCUT2D eigenvalue weighted by atomic mass is 79.9. The van der Waals surface area contributed by atoms with Crippen molar-refractivity contribution in [1.29, 1.82) is 0 Å². The molecule has 0 saturated carbocycles. The average molecular weight is 662 g/mol. The first kappa shape index (κ1) is 32.5. The van der Waals surface area contributed by atoms with Crippen molar-refractivity contribution in [2.24, 2.45) is 0 Å². The number of carbonyl (C=O) groups is 1. The third-order valence-electron chi connectivity index (χ3n) is 5.94. The summed E-state index contributed by atoms with van der Waals surface area (Å²) in [5, 5.41) is 4.99. The van der Waals surface area contributed by atoms with Gasteiger partial charge >= 0.3 is 0 Å². The largest absolute Gasteiger partial charge is 0.496 e. The molecule has 10 nitrogen and oxygen atoms in total. The second-order valence-corrected chi connectivity index (χ2v) is 9.95. The summed E-state index contributed by atoms with van der Waals surface area (Å²) in [6, 6.07) is 8.87. The van der Waals surface area contributed by atoms with Crippen LogP contribution in [0.1, 0.15) is 21.6 Å². The van der Waals surface area contributed by atoms with Gasteiger partial charge in [0, 0.05) is 35.7 Å². The number of hydrogen-bond donors (Lipinski definition) is 1. The van der Waals surface area contributed by atoms with Gasteiger partial charge in [-0.3, -0.25) is 4.79 Å². The van der Waals surface area contributed by atoms with Crippen molar-refractivity contribution >= 4 is 45.4 Å². The number of carbonyl (C=O) groups excluding carboxylic acids is 1. The summed E-state index contributed by atoms with van der Waals surface area (Å²) in [6.45, 7) is 0. The fraction of sp³-hybridized carbons (Fsp3) is 0.267. The second-order valence-electron chi connectivity index (χ2n) is 8.26. The zero-order chi connectivity index (χ0) is 30.6. The number of halogens is 1. The fourth-order valence-corrected chi connectivity index (χ4v) is 5.18. The predicted octanol–water partition coefficient (Wildman–Crippen LogP) is 6.62. The smallest absolute Gasteiger partial charge is 0.204 e. The number of allylic oxidation sites excluding steroid dienone is 1. The summed E-state index contributed by atoms with van der Waals surface area (Å²) in [6.07, 6.45) is 4.80. The van der Waals surface area contributed by atoms with Crippen LogP contribution in [0.15, 0.2) is 52.5 Å². The lowest BCUT2D eigenvalue weighted by atomic mass is 10.1. The molecule has 0 bridgehead atoms. The van der Waals surface area contributed by atoms with Gasteiger partial charge in [-0.15, -0.1) is 11.8 Å². The summed E-state index contributed by atoms with van der Waals surface area (Å²) < 4.78 is 38.4. The molecule has 0 unspecified atom stereocenters. The normalized spacial score (nSPS) is 11.0. The minimum absolute atomic E-state index is 0.297. The van der Waals surface area contributed by atoms with E-state index in [0.29, 0.717) is 61.9 Å². The lowest BCUT2D eigenvalue weighted by molar-refractivity contribution is 0.104. The number of nitrogens with one attached hydrogen (secondary N) is 1. The van der Waals surface area contributed by atoms with Crippen molar-refractivity contribution < 1.29 is 38.0 Å². The van der Waals surface area contributed by atoms with E-state index in [2.05, 4.69) is 26.2 Å². The number of nitrogens with zero attached hydrogens (tertiary/aromatic N) is 1. The molecule has 0 amide bonds. The SMILES string of the molecule is COc1cc(OC)c(/C=C/SCc2ccc(OC)c(N/C=C\C(=O)c3cc(OC)c(OC)c(OC)c3Br)n2)c(OC)c1. The van der Waals surface area contributed by atoms with Gasteiger partial charge < -0.3 is 38.5 Å². The summed E-state index contributed by atoms with van der Waals surface area (Å²) in [5.41, 5.74) is 1.94. The highest BCUT2D eigenvalue weighted by Crippen LogP contribution is 2.45. The van der Waals surface area contributed by atoms with Gasteiger partial charge in [0.25, 0.3) is 0 Å². The Morgan fingerprint density at radius 1 is 0.833 bits per heavy atom. The summed E-state index contributed by atoms with van der Waals surface area (Å²) >= 11 is 4.98. The number of hydrogen-bond acceptors (Lipinski definition) is 11. The molecule has 1 heterocycles. The van der Waals surface area contributed by atoms with E-state index < -0.39 is 0 Å². The Morgan fingerprint density at radius 2 is 1.48 bits per heavy atom. The molecule has 2 aromatic carbocycles. The molecule has 3 aromatic rings. The highest BCUT2D eigenvalue weighted by molar-refractivity contribution is 9.10. The van der Waals surface area contributed by atoms with E-state index in [1.54, 1.807) is 58.4 Å². The number of aromatic nitrogens is 1. The molecule has 0 aliphatic heterocycles. The van der Waals surface area contributed by atoms with Crippen LogP contribution in [0.25, 0.3) is 6.08 Å². The van der Waals surface area contributed by atoms with Crippen molar-refractivity contribution in [3.63, 3.8) is 0 Å². The molecule has 0 atom stereocenters. The van der Waals surface area contributed by atoms with Crippen molar-refractivity contribution in [2.75, 3.05) is 55.1 Å². The Hall–Kier alpha value is -4.03. The van der Waals surface area contributed by atoms with Gasteiger partial charge in [0.2, 0.25) is 5.75 Å². The fourth-order valence-electron chi connectivity index (χ4n) is 3.87. The number of pyridine rings is 1. The number of anilines is 1. The molecule has 1 aromatic heterocycles. The van der Waals surface area contributed by atoms with Crippen LogP contribution >= 0.6 is 27.7 Å². The predicted molar refractivity (Wildman–Crippen MR) is 168 cm³/mol. The van der Waals surface area contributed by atoms with Crippen molar-refractivity contribution in [3.8, 4) is 40.2 Å². The van der Waals surface area contributed by atoms with Gasteiger partial charge in [-0.2, -0.15) is 0 Å². The minimum Gasteiger partial charge on any atom is -0.496 e. The van der Waals surface area contributed by atoms with E-state index in [9.17, 15) is 4.79 Å². The Labute approximate surface area is 258 Å². The number of ether oxygens (including phenoxy) is 7. The number of thioether (sulfide) groups is 1. The van der Waals surface area contributed by atoms with Crippen LogP contribution in [-0.4, -0.2) is 60.5 Å². The van der Waals surface area contributed by atoms with Crippen LogP contribution in [0.2, 0.25) is 0 Å². The maximum Gasteiger partial charge on any atom is 0.204 e. The van der Waals surface area contributed by atoms with E-state index in [4.69, 9.17) is 33.2 Å². The monoisotopic (exact) mass is 660 g/mol. The molecular formula is C30H33BrN2O8S. The number of ketones is 1. The van der Waals surface area contributed by atoms with E-state index >= 15 is 0 Å². The standard InChI is InChI=1S/C30H33BrN2O8S/c1-35-19-14-24(37-3)20(25(15-19)38-4)11-13-42-17-18-8-9-23(36-2)30(33-18)32-12-10-22(34)21-16-26(39-5)28(40-6)29(41-7)27(21)31/h8-16H,17H2,1-7H3,(H,32,33)/b12-10-,13-11+. The molecule has 42 heavy (non-hydrogen) atoms. The van der Waals surface area contributed by atoms with Crippen LogP contribution in [0.3, 0.4) is 0 Å². The molecule has 0 radical (unpaired) electrons. The molecule has 0 aliphatic carbocycles. The average Bonchev–Trinajstić information content (AvgIpc) is 3.02. The number of benzene rings is 2. The first-order valence-corrected chi connectivity index (χ1v) is 14.3. The van der Waals surface area contributed by atoms with Gasteiger partial charge in [-0.05, 0) is 45.6 Å². The molecule has 224 valence electrons. The van der Waals surface area contributed by atoms with Crippen LogP contribution in [0.5, 0.6) is 40.2 Å². The summed E-state index contributed by atoms with van der Waals surface area (Å²) in [4.78, 5) is 17.7. The summed E-state index contributed by atoms with van der Waals surface area (Å²) in [5.74, 6) is 4.29. The Kier molecular flexibility index (Phi) is 12.2. The Bertz CT molecular complexity index is 1440. The summed E-state index contributed by atoms with van der Waals surface area (Å²) in [7, 11) is 10.8. The first-order chi connectivity index (χ1) is 20.3. The van der Waals surface area contributed by atoms with Crippen LogP contribution in [0, 0.1) is 0 Å². The van der Waals surface area contributed by atoms with E-state index in [1.807, 2.05) is 23.6 Å². The zero-order valence-corrected chi connectivity index (χ0v) is 26.8. The second kappa shape index (κ2) is 15.8. The molecular weight excluding hydrogens is 628 g/mol. The van der Waals surface area contributed by atoms with Crippen LogP contribution < -0.4 is 38.5 Å². The van der Waals surface area contributed by atoms with Crippen molar-refractivity contribution in [2.45, 2.75) is 5.75 Å². The van der Waals surface area contributed by atoms with Crippen molar-refractivity contribution in [3.05, 3.63) is 69.3 Å². The van der Waals surface area contributed by atoms with Crippen LogP contribution in [-0.2, 0) is 5.75 Å². The maximum absolute atomic E-state index is 13.0. The zero-order valence-electron chi connectivity index (χ0n) is 24.4. The highest BCUT2D eigenvalue weighted by Gasteiger charge is 2.22. The van der Waals surface area contributed by atoms with Crippen molar-refractivity contribution in [1.82, 2.24) is 4.98 Å². The number of methoxy groups -OCH3 is 7. The van der Waals surface area contributed by atoms with E-state index in [1.165, 1.54) is 33.6 Å². The van der Waals surface area contributed by atoms with E-state index in [-0.39, 0.29) is 5.78 Å². The van der Waals surface area contributed by atoms with Gasteiger partial charge in [-0.1, -0.05) is 0 Å². The molecule has 12 heteroatoms. The van der Waals surface area contributed by atoms with E-state index in [0.717, 1.165) is 11.3 Å². The van der Waals surface area contributed by atoms with Crippen LogP contribution in [0.4, 0.5) is 5.82 Å². The molecule has 0 fully saturated rings. The van der Waals surface area contributed by atoms with Gasteiger partial charge in [0.05, 0.1) is 65.5 Å². The third-order valence-corrected chi connectivity index (χ3v) is 7.52. The lowest BCUT2D eigenvalue weighted by Crippen LogP contribution is -2.04.